The van der Waals surface area contributed by atoms with Crippen molar-refractivity contribution in [1.82, 2.24) is 4.90 Å². The summed E-state index contributed by atoms with van der Waals surface area (Å²) in [5, 5.41) is 0.102. The van der Waals surface area contributed by atoms with Crippen LogP contribution in [0.25, 0.3) is 0 Å². The number of fused-ring (bicyclic) bond motifs is 1. The maximum atomic E-state index is 12.0. The zero-order valence-corrected chi connectivity index (χ0v) is 10.0. The highest BCUT2D eigenvalue weighted by Gasteiger charge is 2.44. The van der Waals surface area contributed by atoms with E-state index in [0.717, 1.165) is 12.2 Å². The van der Waals surface area contributed by atoms with Crippen LogP contribution in [0.3, 0.4) is 0 Å². The minimum Gasteiger partial charge on any atom is -0.467 e. The molecule has 0 bridgehead atoms. The number of hydrogen-bond donors (Lipinski definition) is 1. The normalized spacial score (nSPS) is 34.5. The molecule has 0 aromatic carbocycles. The molecule has 0 aromatic rings. The Balaban J connectivity index is 2.20. The van der Waals surface area contributed by atoms with Crippen LogP contribution in [0.15, 0.2) is 0 Å². The Morgan fingerprint density at radius 3 is 2.94 bits per heavy atom. The van der Waals surface area contributed by atoms with Crippen LogP contribution in [0, 0.1) is 0 Å². The second kappa shape index (κ2) is 4.63. The summed E-state index contributed by atoms with van der Waals surface area (Å²) in [6.45, 7) is 0. The van der Waals surface area contributed by atoms with Gasteiger partial charge in [-0.25, -0.2) is 4.79 Å². The number of thioether (sulfide) groups is 1. The highest BCUT2D eigenvalue weighted by atomic mass is 32.2. The van der Waals surface area contributed by atoms with Crippen molar-refractivity contribution in [3.05, 3.63) is 0 Å². The van der Waals surface area contributed by atoms with Crippen molar-refractivity contribution in [2.45, 2.75) is 36.7 Å². The summed E-state index contributed by atoms with van der Waals surface area (Å²) in [6, 6.07) is -0.901. The number of carbonyl (C=O) groups excluding carboxylic acids is 2. The minimum absolute atomic E-state index is 0.102. The van der Waals surface area contributed by atoms with Crippen molar-refractivity contribution in [3.63, 3.8) is 0 Å². The molecule has 3 atom stereocenters. The van der Waals surface area contributed by atoms with Gasteiger partial charge in [0.1, 0.15) is 6.04 Å². The third-order valence-electron chi connectivity index (χ3n) is 3.12. The Hall–Kier alpha value is -0.750. The van der Waals surface area contributed by atoms with Crippen molar-refractivity contribution in [1.29, 1.82) is 0 Å². The van der Waals surface area contributed by atoms with E-state index in [9.17, 15) is 9.59 Å². The molecule has 16 heavy (non-hydrogen) atoms. The third-order valence-corrected chi connectivity index (χ3v) is 4.44. The molecule has 5 nitrogen and oxygen atoms in total. The smallest absolute Gasteiger partial charge is 0.328 e. The molecule has 0 unspecified atom stereocenters. The van der Waals surface area contributed by atoms with Crippen LogP contribution < -0.4 is 5.73 Å². The lowest BCUT2D eigenvalue weighted by Crippen LogP contribution is -2.49. The summed E-state index contributed by atoms with van der Waals surface area (Å²) in [6.07, 6.45) is 2.22. The summed E-state index contributed by atoms with van der Waals surface area (Å²) in [4.78, 5) is 25.2. The fourth-order valence-corrected chi connectivity index (χ4v) is 3.63. The first-order chi connectivity index (χ1) is 7.65. The van der Waals surface area contributed by atoms with E-state index >= 15 is 0 Å². The molecule has 0 spiro atoms. The standard InChI is InChI=1S/C10H16N2O3S/c1-15-10(14)7-2-3-8-12(7)9(13)6(11)4-5-16-8/h6-8H,2-5,11H2,1H3/t6-,7-,8-/m0/s1. The van der Waals surface area contributed by atoms with Crippen LogP contribution in [0.4, 0.5) is 0 Å². The molecule has 2 rings (SSSR count). The van der Waals surface area contributed by atoms with E-state index in [1.165, 1.54) is 7.11 Å². The quantitative estimate of drug-likeness (QED) is 0.654. The summed E-state index contributed by atoms with van der Waals surface area (Å²) >= 11 is 1.71. The lowest BCUT2D eigenvalue weighted by atomic mass is 10.2. The Labute approximate surface area is 98.7 Å². The molecule has 90 valence electrons. The summed E-state index contributed by atoms with van der Waals surface area (Å²) in [7, 11) is 1.35. The maximum absolute atomic E-state index is 12.0. The number of esters is 1. The highest BCUT2D eigenvalue weighted by molar-refractivity contribution is 7.99. The largest absolute Gasteiger partial charge is 0.467 e. The van der Waals surface area contributed by atoms with E-state index < -0.39 is 12.1 Å². The van der Waals surface area contributed by atoms with Gasteiger partial charge in [-0.15, -0.1) is 11.8 Å². The average Bonchev–Trinajstić information content (AvgIpc) is 2.65. The molecule has 2 aliphatic heterocycles. The monoisotopic (exact) mass is 244 g/mol. The number of rotatable bonds is 1. The molecule has 6 heteroatoms. The molecule has 0 aromatic heterocycles. The number of ether oxygens (including phenoxy) is 1. The fourth-order valence-electron chi connectivity index (χ4n) is 2.25. The van der Waals surface area contributed by atoms with E-state index in [4.69, 9.17) is 10.5 Å². The van der Waals surface area contributed by atoms with Crippen LogP contribution in [-0.2, 0) is 14.3 Å². The van der Waals surface area contributed by atoms with E-state index in [-0.39, 0.29) is 17.3 Å². The zero-order chi connectivity index (χ0) is 11.7. The number of hydrogen-bond acceptors (Lipinski definition) is 5. The summed E-state index contributed by atoms with van der Waals surface area (Å²) in [5.41, 5.74) is 5.78. The van der Waals surface area contributed by atoms with Gasteiger partial charge < -0.3 is 15.4 Å². The topological polar surface area (TPSA) is 72.6 Å². The first kappa shape index (κ1) is 11.7. The lowest BCUT2D eigenvalue weighted by molar-refractivity contribution is -0.151. The number of nitrogens with two attached hydrogens (primary N) is 1. The van der Waals surface area contributed by atoms with Crippen molar-refractivity contribution >= 4 is 23.6 Å². The molecule has 0 aliphatic carbocycles. The second-order valence-corrected chi connectivity index (χ2v) is 5.37. The van der Waals surface area contributed by atoms with Crippen molar-refractivity contribution < 1.29 is 14.3 Å². The van der Waals surface area contributed by atoms with Gasteiger partial charge in [-0.2, -0.15) is 0 Å². The summed E-state index contributed by atoms with van der Waals surface area (Å²) < 4.78 is 4.72. The minimum atomic E-state index is -0.470. The maximum Gasteiger partial charge on any atom is 0.328 e. The lowest BCUT2D eigenvalue weighted by Gasteiger charge is -2.27. The van der Waals surface area contributed by atoms with Crippen molar-refractivity contribution in [2.24, 2.45) is 5.73 Å². The fraction of sp³-hybridized carbons (Fsp3) is 0.800. The molecule has 2 aliphatic rings. The van der Waals surface area contributed by atoms with Gasteiger partial charge in [0.2, 0.25) is 5.91 Å². The first-order valence-electron chi connectivity index (χ1n) is 5.42. The molecular formula is C10H16N2O3S. The van der Waals surface area contributed by atoms with Gasteiger partial charge in [-0.1, -0.05) is 0 Å². The number of amides is 1. The summed E-state index contributed by atoms with van der Waals surface area (Å²) in [5.74, 6) is 0.440. The van der Waals surface area contributed by atoms with Crippen LogP contribution in [0.5, 0.6) is 0 Å². The predicted molar refractivity (Wildman–Crippen MR) is 60.7 cm³/mol. The van der Waals surface area contributed by atoms with Crippen LogP contribution in [0.2, 0.25) is 0 Å². The third kappa shape index (κ3) is 1.91. The molecule has 2 fully saturated rings. The molecular weight excluding hydrogens is 228 g/mol. The van der Waals surface area contributed by atoms with Gasteiger partial charge in [0.25, 0.3) is 0 Å². The van der Waals surface area contributed by atoms with Gasteiger partial charge in [-0.05, 0) is 25.0 Å². The van der Waals surface area contributed by atoms with Crippen molar-refractivity contribution in [2.75, 3.05) is 12.9 Å². The number of nitrogens with zero attached hydrogens (tertiary/aromatic N) is 1. The van der Waals surface area contributed by atoms with E-state index in [0.29, 0.717) is 12.8 Å². The second-order valence-electron chi connectivity index (χ2n) is 4.08. The molecule has 0 radical (unpaired) electrons. The molecule has 1 amide bonds. The molecule has 0 saturated carbocycles. The highest BCUT2D eigenvalue weighted by Crippen LogP contribution is 2.35. The van der Waals surface area contributed by atoms with E-state index in [1.807, 2.05) is 0 Å². The number of methoxy groups -OCH3 is 1. The van der Waals surface area contributed by atoms with Gasteiger partial charge in [0.15, 0.2) is 0 Å². The Morgan fingerprint density at radius 2 is 2.25 bits per heavy atom. The van der Waals surface area contributed by atoms with Crippen molar-refractivity contribution in [3.8, 4) is 0 Å². The molecule has 2 N–H and O–H groups in total. The molecule has 2 saturated heterocycles. The van der Waals surface area contributed by atoms with Crippen LogP contribution in [-0.4, -0.2) is 47.1 Å². The average molecular weight is 244 g/mol. The van der Waals surface area contributed by atoms with Crippen LogP contribution in [0.1, 0.15) is 19.3 Å². The Kier molecular flexibility index (Phi) is 3.39. The number of carbonyl (C=O) groups is 2. The first-order valence-corrected chi connectivity index (χ1v) is 6.47. The van der Waals surface area contributed by atoms with Gasteiger partial charge >= 0.3 is 5.97 Å². The predicted octanol–water partition coefficient (Wildman–Crippen LogP) is -0.0593. The van der Waals surface area contributed by atoms with Gasteiger partial charge in [0.05, 0.1) is 18.5 Å². The van der Waals surface area contributed by atoms with E-state index in [1.54, 1.807) is 16.7 Å². The Bertz CT molecular complexity index is 310. The Morgan fingerprint density at radius 1 is 1.50 bits per heavy atom. The van der Waals surface area contributed by atoms with Gasteiger partial charge in [0, 0.05) is 0 Å². The van der Waals surface area contributed by atoms with E-state index in [2.05, 4.69) is 0 Å². The zero-order valence-electron chi connectivity index (χ0n) is 9.22. The SMILES string of the molecule is COC(=O)[C@@H]1CC[C@@H]2SCC[C@H](N)C(=O)N21. The van der Waals surface area contributed by atoms with Crippen LogP contribution >= 0.6 is 11.8 Å². The van der Waals surface area contributed by atoms with Gasteiger partial charge in [-0.3, -0.25) is 4.79 Å². The molecule has 2 heterocycles.